The lowest BCUT2D eigenvalue weighted by Gasteiger charge is -2.02. The van der Waals surface area contributed by atoms with Crippen molar-refractivity contribution in [2.24, 2.45) is 5.92 Å². The lowest BCUT2D eigenvalue weighted by molar-refractivity contribution is 0.0952. The van der Waals surface area contributed by atoms with E-state index in [1.54, 1.807) is 0 Å². The Bertz CT molecular complexity index is 295. The molecule has 14 heavy (non-hydrogen) atoms. The van der Waals surface area contributed by atoms with Crippen LogP contribution in [-0.2, 0) is 0 Å². The fourth-order valence-electron chi connectivity index (χ4n) is 1.25. The molecule has 1 aliphatic carbocycles. The van der Waals surface area contributed by atoms with Gasteiger partial charge in [0.15, 0.2) is 0 Å². The summed E-state index contributed by atoms with van der Waals surface area (Å²) in [6.07, 6.45) is 2.55. The first kappa shape index (κ1) is 11.1. The van der Waals surface area contributed by atoms with Crippen LogP contribution >= 0.6 is 12.4 Å². The fourth-order valence-corrected chi connectivity index (χ4v) is 1.25. The molecule has 0 radical (unpaired) electrons. The Balaban J connectivity index is 0.000000980. The predicted octanol–water partition coefficient (Wildman–Crippen LogP) is 2.25. The molecule has 1 N–H and O–H groups in total. The van der Waals surface area contributed by atoms with Gasteiger partial charge in [-0.15, -0.1) is 12.4 Å². The Morgan fingerprint density at radius 3 is 2.50 bits per heavy atom. The Labute approximate surface area is 90.1 Å². The third-order valence-corrected chi connectivity index (χ3v) is 2.28. The van der Waals surface area contributed by atoms with Crippen LogP contribution in [0.2, 0.25) is 0 Å². The van der Waals surface area contributed by atoms with E-state index in [9.17, 15) is 4.79 Å². The van der Waals surface area contributed by atoms with E-state index in [2.05, 4.69) is 5.32 Å². The van der Waals surface area contributed by atoms with E-state index in [1.165, 1.54) is 12.8 Å². The third kappa shape index (κ3) is 3.04. The number of halogens is 1. The van der Waals surface area contributed by atoms with Gasteiger partial charge in [0.1, 0.15) is 0 Å². The van der Waals surface area contributed by atoms with Gasteiger partial charge in [0, 0.05) is 12.1 Å². The molecule has 2 nitrogen and oxygen atoms in total. The zero-order valence-electron chi connectivity index (χ0n) is 7.90. The van der Waals surface area contributed by atoms with Crippen molar-refractivity contribution in [2.45, 2.75) is 12.8 Å². The van der Waals surface area contributed by atoms with Crippen LogP contribution in [0.4, 0.5) is 0 Å². The summed E-state index contributed by atoms with van der Waals surface area (Å²) < 4.78 is 0. The smallest absolute Gasteiger partial charge is 0.251 e. The summed E-state index contributed by atoms with van der Waals surface area (Å²) in [6.45, 7) is 0.841. The van der Waals surface area contributed by atoms with Gasteiger partial charge in [-0.05, 0) is 30.9 Å². The summed E-state index contributed by atoms with van der Waals surface area (Å²) >= 11 is 0. The molecule has 3 heteroatoms. The Hall–Kier alpha value is -1.02. The highest BCUT2D eigenvalue weighted by atomic mass is 35.5. The standard InChI is InChI=1S/C11H13NO.ClH/c13-11(12-8-9-6-7-9)10-4-2-1-3-5-10;/h1-5,9H,6-8H2,(H,12,13);1H. The SMILES string of the molecule is Cl.O=C(NCC1CC1)c1ccccc1. The van der Waals surface area contributed by atoms with Crippen molar-refractivity contribution in [1.82, 2.24) is 5.32 Å². The van der Waals surface area contributed by atoms with Gasteiger partial charge in [-0.1, -0.05) is 18.2 Å². The van der Waals surface area contributed by atoms with Crippen molar-refractivity contribution in [3.05, 3.63) is 35.9 Å². The minimum absolute atomic E-state index is 0. The monoisotopic (exact) mass is 211 g/mol. The number of carbonyl (C=O) groups is 1. The van der Waals surface area contributed by atoms with Gasteiger partial charge in [0.25, 0.3) is 5.91 Å². The molecular weight excluding hydrogens is 198 g/mol. The maximum atomic E-state index is 11.5. The molecule has 0 aliphatic heterocycles. The lowest BCUT2D eigenvalue weighted by atomic mass is 10.2. The van der Waals surface area contributed by atoms with Crippen LogP contribution in [0.25, 0.3) is 0 Å². The minimum Gasteiger partial charge on any atom is -0.352 e. The minimum atomic E-state index is 0. The molecule has 1 saturated carbocycles. The third-order valence-electron chi connectivity index (χ3n) is 2.28. The number of rotatable bonds is 3. The first-order valence-corrected chi connectivity index (χ1v) is 4.69. The quantitative estimate of drug-likeness (QED) is 0.817. The largest absolute Gasteiger partial charge is 0.352 e. The maximum Gasteiger partial charge on any atom is 0.251 e. The summed E-state index contributed by atoms with van der Waals surface area (Å²) in [6, 6.07) is 9.35. The Kier molecular flexibility index (Phi) is 3.96. The van der Waals surface area contributed by atoms with E-state index >= 15 is 0 Å². The molecule has 0 atom stereocenters. The van der Waals surface area contributed by atoms with E-state index in [0.29, 0.717) is 0 Å². The summed E-state index contributed by atoms with van der Waals surface area (Å²) in [5, 5.41) is 2.92. The highest BCUT2D eigenvalue weighted by Crippen LogP contribution is 2.27. The molecule has 1 aromatic carbocycles. The first-order chi connectivity index (χ1) is 6.36. The van der Waals surface area contributed by atoms with E-state index in [4.69, 9.17) is 0 Å². The molecule has 76 valence electrons. The summed E-state index contributed by atoms with van der Waals surface area (Å²) in [4.78, 5) is 11.5. The molecule has 0 heterocycles. The molecule has 1 fully saturated rings. The number of hydrogen-bond donors (Lipinski definition) is 1. The maximum absolute atomic E-state index is 11.5. The molecule has 1 aromatic rings. The number of nitrogens with one attached hydrogen (secondary N) is 1. The molecule has 1 aliphatic rings. The van der Waals surface area contributed by atoms with Gasteiger partial charge in [0.05, 0.1) is 0 Å². The first-order valence-electron chi connectivity index (χ1n) is 4.69. The molecule has 1 amide bonds. The van der Waals surface area contributed by atoms with Gasteiger partial charge in [0.2, 0.25) is 0 Å². The average Bonchev–Trinajstić information content (AvgIpc) is 2.99. The van der Waals surface area contributed by atoms with Crippen molar-refractivity contribution in [3.63, 3.8) is 0 Å². The van der Waals surface area contributed by atoms with Crippen LogP contribution < -0.4 is 5.32 Å². The summed E-state index contributed by atoms with van der Waals surface area (Å²) in [5.41, 5.74) is 0.753. The lowest BCUT2D eigenvalue weighted by Crippen LogP contribution is -2.25. The number of hydrogen-bond acceptors (Lipinski definition) is 1. The van der Waals surface area contributed by atoms with Crippen LogP contribution in [0.1, 0.15) is 23.2 Å². The molecule has 0 aromatic heterocycles. The van der Waals surface area contributed by atoms with Gasteiger partial charge in [-0.25, -0.2) is 0 Å². The van der Waals surface area contributed by atoms with Gasteiger partial charge < -0.3 is 5.32 Å². The van der Waals surface area contributed by atoms with Crippen LogP contribution in [0.15, 0.2) is 30.3 Å². The van der Waals surface area contributed by atoms with E-state index in [1.807, 2.05) is 30.3 Å². The second-order valence-corrected chi connectivity index (χ2v) is 3.52. The molecule has 0 unspecified atom stereocenters. The van der Waals surface area contributed by atoms with Crippen molar-refractivity contribution in [2.75, 3.05) is 6.54 Å². The highest BCUT2D eigenvalue weighted by Gasteiger charge is 2.21. The Morgan fingerprint density at radius 2 is 1.93 bits per heavy atom. The molecule has 0 bridgehead atoms. The van der Waals surface area contributed by atoms with Crippen molar-refractivity contribution < 1.29 is 4.79 Å². The van der Waals surface area contributed by atoms with E-state index in [0.717, 1.165) is 18.0 Å². The van der Waals surface area contributed by atoms with Crippen LogP contribution in [0.3, 0.4) is 0 Å². The zero-order valence-corrected chi connectivity index (χ0v) is 8.72. The molecule has 0 spiro atoms. The predicted molar refractivity (Wildman–Crippen MR) is 58.7 cm³/mol. The second-order valence-electron chi connectivity index (χ2n) is 3.52. The van der Waals surface area contributed by atoms with Crippen molar-refractivity contribution in [3.8, 4) is 0 Å². The van der Waals surface area contributed by atoms with Crippen molar-refractivity contribution in [1.29, 1.82) is 0 Å². The average molecular weight is 212 g/mol. The molecule has 2 rings (SSSR count). The van der Waals surface area contributed by atoms with E-state index < -0.39 is 0 Å². The van der Waals surface area contributed by atoms with Gasteiger partial charge in [-0.2, -0.15) is 0 Å². The van der Waals surface area contributed by atoms with Crippen LogP contribution in [0, 0.1) is 5.92 Å². The van der Waals surface area contributed by atoms with Crippen molar-refractivity contribution >= 4 is 18.3 Å². The Morgan fingerprint density at radius 1 is 1.29 bits per heavy atom. The highest BCUT2D eigenvalue weighted by molar-refractivity contribution is 5.94. The topological polar surface area (TPSA) is 29.1 Å². The summed E-state index contributed by atoms with van der Waals surface area (Å²) in [7, 11) is 0. The zero-order chi connectivity index (χ0) is 9.10. The van der Waals surface area contributed by atoms with Gasteiger partial charge >= 0.3 is 0 Å². The van der Waals surface area contributed by atoms with Crippen LogP contribution in [0.5, 0.6) is 0 Å². The molecular formula is C11H14ClNO. The number of benzene rings is 1. The fraction of sp³-hybridized carbons (Fsp3) is 0.364. The normalized spacial score (nSPS) is 14.3. The van der Waals surface area contributed by atoms with Crippen LogP contribution in [-0.4, -0.2) is 12.5 Å². The summed E-state index contributed by atoms with van der Waals surface area (Å²) in [5.74, 6) is 0.792. The molecule has 0 saturated heterocycles. The number of carbonyl (C=O) groups excluding carboxylic acids is 1. The second kappa shape index (κ2) is 5.01. The van der Waals surface area contributed by atoms with E-state index in [-0.39, 0.29) is 18.3 Å². The van der Waals surface area contributed by atoms with Gasteiger partial charge in [-0.3, -0.25) is 4.79 Å². The number of amides is 1.